The molecule has 2 atom stereocenters. The van der Waals surface area contributed by atoms with Crippen LogP contribution >= 0.6 is 0 Å². The Morgan fingerprint density at radius 2 is 1.68 bits per heavy atom. The summed E-state index contributed by atoms with van der Waals surface area (Å²) in [4.78, 5) is 0. The van der Waals surface area contributed by atoms with Gasteiger partial charge in [0.1, 0.15) is 16.2 Å². The van der Waals surface area contributed by atoms with Crippen molar-refractivity contribution >= 4 is 11.4 Å². The van der Waals surface area contributed by atoms with Gasteiger partial charge in [-0.2, -0.15) is 0 Å². The largest absolute Gasteiger partial charge is 0.598 e. The predicted molar refractivity (Wildman–Crippen MR) is 106 cm³/mol. The van der Waals surface area contributed by atoms with Crippen LogP contribution in [0.25, 0.3) is 0 Å². The molecule has 4 heteroatoms. The van der Waals surface area contributed by atoms with E-state index in [1.807, 2.05) is 81.4 Å². The fourth-order valence-corrected chi connectivity index (χ4v) is 3.14. The molecule has 25 heavy (non-hydrogen) atoms. The minimum absolute atomic E-state index is 0.0174. The topological polar surface area (TPSA) is 44.3 Å². The summed E-state index contributed by atoms with van der Waals surface area (Å²) in [5.74, 6) is 1.60. The second kappa shape index (κ2) is 9.09. The van der Waals surface area contributed by atoms with Crippen molar-refractivity contribution in [1.29, 1.82) is 0 Å². The summed E-state index contributed by atoms with van der Waals surface area (Å²) in [6.45, 7) is 9.70. The molecule has 0 aliphatic carbocycles. The van der Waals surface area contributed by atoms with E-state index >= 15 is 0 Å². The van der Waals surface area contributed by atoms with Crippen molar-refractivity contribution < 1.29 is 9.29 Å². The second-order valence-corrected chi connectivity index (χ2v) is 8.90. The van der Waals surface area contributed by atoms with E-state index in [0.29, 0.717) is 0 Å². The maximum absolute atomic E-state index is 12.5. The molecule has 0 heterocycles. The van der Waals surface area contributed by atoms with Gasteiger partial charge in [-0.15, -0.1) is 11.3 Å². The highest BCUT2D eigenvalue weighted by Gasteiger charge is 2.29. The van der Waals surface area contributed by atoms with Gasteiger partial charge in [0.2, 0.25) is 0 Å². The monoisotopic (exact) mass is 357 g/mol. The van der Waals surface area contributed by atoms with Gasteiger partial charge >= 0.3 is 0 Å². The lowest BCUT2D eigenvalue weighted by atomic mass is 10.0. The molecule has 0 aromatic heterocycles. The third kappa shape index (κ3) is 6.24. The molecule has 2 rings (SSSR count). The Labute approximate surface area is 154 Å². The van der Waals surface area contributed by atoms with E-state index in [2.05, 4.69) is 11.3 Å². The molecule has 2 aromatic rings. The Kier molecular flexibility index (Phi) is 7.12. The predicted octanol–water partition coefficient (Wildman–Crippen LogP) is 5.54. The molecular formula is C21H27NO2S. The normalized spacial score (nSPS) is 13.9. The summed E-state index contributed by atoms with van der Waals surface area (Å²) in [6, 6.07) is 17.7. The third-order valence-corrected chi connectivity index (χ3v) is 5.34. The molecule has 3 nitrogen and oxygen atoms in total. The smallest absolute Gasteiger partial charge is 0.136 e. The van der Waals surface area contributed by atoms with E-state index in [9.17, 15) is 4.55 Å². The molecule has 2 aromatic carbocycles. The molecule has 0 unspecified atom stereocenters. The lowest BCUT2D eigenvalue weighted by Gasteiger charge is -2.28. The van der Waals surface area contributed by atoms with Crippen LogP contribution in [-0.2, 0) is 11.4 Å². The third-order valence-electron chi connectivity index (χ3n) is 3.73. The summed E-state index contributed by atoms with van der Waals surface area (Å²) >= 11 is -1.12. The van der Waals surface area contributed by atoms with Crippen molar-refractivity contribution in [3.63, 3.8) is 0 Å². The van der Waals surface area contributed by atoms with Crippen LogP contribution in [0.2, 0.25) is 0 Å². The molecule has 0 saturated carbocycles. The summed E-state index contributed by atoms with van der Waals surface area (Å²) < 4.78 is 21.3. The number of para-hydroxylation sites is 1. The minimum atomic E-state index is -1.12. The highest BCUT2D eigenvalue weighted by molar-refractivity contribution is 7.90. The zero-order valence-electron chi connectivity index (χ0n) is 15.2. The maximum atomic E-state index is 12.5. The van der Waals surface area contributed by atoms with Gasteiger partial charge in [0.05, 0.1) is 6.04 Å². The van der Waals surface area contributed by atoms with Crippen LogP contribution < -0.4 is 9.46 Å². The van der Waals surface area contributed by atoms with Crippen molar-refractivity contribution in [2.45, 2.75) is 44.4 Å². The van der Waals surface area contributed by atoms with Crippen molar-refractivity contribution in [2.75, 3.05) is 0 Å². The van der Waals surface area contributed by atoms with Crippen LogP contribution in [0.5, 0.6) is 11.5 Å². The average molecular weight is 358 g/mol. The zero-order valence-corrected chi connectivity index (χ0v) is 16.0. The van der Waals surface area contributed by atoms with Crippen LogP contribution in [0.3, 0.4) is 0 Å². The molecule has 0 radical (unpaired) electrons. The number of hydrogen-bond acceptors (Lipinski definition) is 3. The zero-order chi connectivity index (χ0) is 18.3. The Hall–Kier alpha value is -1.75. The van der Waals surface area contributed by atoms with Gasteiger partial charge in [-0.1, -0.05) is 36.4 Å². The van der Waals surface area contributed by atoms with Crippen molar-refractivity contribution in [1.82, 2.24) is 4.72 Å². The SMILES string of the molecule is C=CCC[C@H](N[S@@+]([O-])C(C)(C)C)c1ccc(Oc2ccccc2)cc1. The Morgan fingerprint density at radius 3 is 2.24 bits per heavy atom. The van der Waals surface area contributed by atoms with Crippen LogP contribution in [0.4, 0.5) is 0 Å². The molecule has 1 N–H and O–H groups in total. The molecule has 134 valence electrons. The molecule has 0 saturated heterocycles. The standard InChI is InChI=1S/C21H27NO2S/c1-5-6-12-20(22-25(23)21(2,3)4)17-13-15-19(16-14-17)24-18-10-8-7-9-11-18/h5,7-11,13-16,20,22H,1,6,12H2,2-4H3/t20-,25-/m0/s1. The molecule has 0 spiro atoms. The Morgan fingerprint density at radius 1 is 1.08 bits per heavy atom. The van der Waals surface area contributed by atoms with E-state index in [4.69, 9.17) is 4.74 Å². The van der Waals surface area contributed by atoms with Crippen molar-refractivity contribution in [3.8, 4) is 11.5 Å². The van der Waals surface area contributed by atoms with Crippen LogP contribution in [0.15, 0.2) is 67.3 Å². The first-order valence-corrected chi connectivity index (χ1v) is 9.67. The van der Waals surface area contributed by atoms with Crippen molar-refractivity contribution in [3.05, 3.63) is 72.8 Å². The van der Waals surface area contributed by atoms with E-state index < -0.39 is 11.4 Å². The van der Waals surface area contributed by atoms with Gasteiger partial charge in [-0.3, -0.25) is 0 Å². The Bertz CT molecular complexity index is 650. The molecular weight excluding hydrogens is 330 g/mol. The van der Waals surface area contributed by atoms with Gasteiger partial charge in [0, 0.05) is 11.4 Å². The van der Waals surface area contributed by atoms with Crippen LogP contribution in [-0.4, -0.2) is 9.30 Å². The fraction of sp³-hybridized carbons (Fsp3) is 0.333. The molecule has 0 aliphatic rings. The number of ether oxygens (including phenoxy) is 1. The first kappa shape index (κ1) is 19.6. The maximum Gasteiger partial charge on any atom is 0.136 e. The number of benzene rings is 2. The Balaban J connectivity index is 2.10. The summed E-state index contributed by atoms with van der Waals surface area (Å²) in [5.41, 5.74) is 1.10. The van der Waals surface area contributed by atoms with E-state index in [0.717, 1.165) is 29.9 Å². The van der Waals surface area contributed by atoms with Crippen LogP contribution in [0, 0.1) is 0 Å². The minimum Gasteiger partial charge on any atom is -0.598 e. The summed E-state index contributed by atoms with van der Waals surface area (Å²) in [6.07, 6.45) is 3.60. The summed E-state index contributed by atoms with van der Waals surface area (Å²) in [5, 5.41) is 0. The highest BCUT2D eigenvalue weighted by Crippen LogP contribution is 2.27. The van der Waals surface area contributed by atoms with Crippen LogP contribution in [0.1, 0.15) is 45.2 Å². The summed E-state index contributed by atoms with van der Waals surface area (Å²) in [7, 11) is 0. The number of allylic oxidation sites excluding steroid dienone is 1. The quantitative estimate of drug-likeness (QED) is 0.498. The fourth-order valence-electron chi connectivity index (χ4n) is 2.28. The molecule has 0 fully saturated rings. The van der Waals surface area contributed by atoms with Gasteiger partial charge in [-0.05, 0) is 63.4 Å². The van der Waals surface area contributed by atoms with E-state index in [1.165, 1.54) is 0 Å². The number of hydrogen-bond donors (Lipinski definition) is 1. The lowest BCUT2D eigenvalue weighted by molar-refractivity contribution is 0.481. The first-order chi connectivity index (χ1) is 11.9. The number of nitrogens with one attached hydrogen (secondary N) is 1. The molecule has 0 amide bonds. The van der Waals surface area contributed by atoms with Gasteiger partial charge < -0.3 is 9.29 Å². The molecule has 0 aliphatic heterocycles. The second-order valence-electron chi connectivity index (χ2n) is 6.90. The van der Waals surface area contributed by atoms with Gasteiger partial charge in [-0.25, -0.2) is 0 Å². The average Bonchev–Trinajstić information content (AvgIpc) is 2.59. The van der Waals surface area contributed by atoms with Gasteiger partial charge in [0.25, 0.3) is 0 Å². The lowest BCUT2D eigenvalue weighted by Crippen LogP contribution is -2.41. The number of rotatable bonds is 8. The van der Waals surface area contributed by atoms with Crippen molar-refractivity contribution in [2.24, 2.45) is 0 Å². The first-order valence-electron chi connectivity index (χ1n) is 8.52. The van der Waals surface area contributed by atoms with Gasteiger partial charge in [0.15, 0.2) is 0 Å². The molecule has 0 bridgehead atoms. The highest BCUT2D eigenvalue weighted by atomic mass is 32.2. The van der Waals surface area contributed by atoms with E-state index in [-0.39, 0.29) is 10.8 Å². The van der Waals surface area contributed by atoms with E-state index in [1.54, 1.807) is 0 Å².